The normalized spacial score (nSPS) is 13.4. The van der Waals surface area contributed by atoms with Crippen molar-refractivity contribution in [1.29, 1.82) is 0 Å². The van der Waals surface area contributed by atoms with Gasteiger partial charge in [-0.25, -0.2) is 9.07 Å². The van der Waals surface area contributed by atoms with Crippen LogP contribution in [0.1, 0.15) is 34.6 Å². The first-order chi connectivity index (χ1) is 16.0. The number of hydrogen-bond donors (Lipinski definition) is 4. The fourth-order valence-electron chi connectivity index (χ4n) is 2.68. The molecule has 184 valence electrons. The van der Waals surface area contributed by atoms with Gasteiger partial charge in [-0.3, -0.25) is 14.6 Å². The van der Waals surface area contributed by atoms with Crippen molar-refractivity contribution in [2.45, 2.75) is 38.2 Å². The number of aromatic nitrogens is 4. The Kier molecular flexibility index (Phi) is 9.10. The van der Waals surface area contributed by atoms with Crippen LogP contribution in [0.5, 0.6) is 0 Å². The maximum atomic E-state index is 14.2. The zero-order chi connectivity index (χ0) is 25.3. The number of hydrogen-bond acceptors (Lipinski definition) is 7. The summed E-state index contributed by atoms with van der Waals surface area (Å²) in [6.45, 7) is -0.116. The Morgan fingerprint density at radius 1 is 1.26 bits per heavy atom. The highest BCUT2D eigenvalue weighted by molar-refractivity contribution is 5.91. The Labute approximate surface area is 192 Å². The molecule has 0 fully saturated rings. The Balaban J connectivity index is 1.81. The monoisotopic (exact) mass is 484 g/mol. The molecule has 2 aromatic rings. The molecule has 2 aromatic heterocycles. The van der Waals surface area contributed by atoms with Crippen molar-refractivity contribution in [2.24, 2.45) is 11.5 Å². The van der Waals surface area contributed by atoms with Gasteiger partial charge in [0.05, 0.1) is 30.4 Å². The van der Waals surface area contributed by atoms with E-state index in [4.69, 9.17) is 11.5 Å². The molecular weight excluding hydrogens is 460 g/mol. The van der Waals surface area contributed by atoms with Gasteiger partial charge in [-0.05, 0) is 37.1 Å². The average Bonchev–Trinajstić information content (AvgIpc) is 3.23. The lowest BCUT2D eigenvalue weighted by molar-refractivity contribution is -0.137. The van der Waals surface area contributed by atoms with E-state index < -0.39 is 36.1 Å². The molecule has 14 heteroatoms. The number of pyridine rings is 1. The number of allylic oxidation sites excluding steroid dienone is 3. The maximum absolute atomic E-state index is 14.2. The number of amides is 2. The van der Waals surface area contributed by atoms with Crippen molar-refractivity contribution < 1.29 is 27.2 Å². The Morgan fingerprint density at radius 3 is 2.68 bits per heavy atom. The molecule has 0 aromatic carbocycles. The summed E-state index contributed by atoms with van der Waals surface area (Å²) in [6, 6.07) is 1.59. The van der Waals surface area contributed by atoms with Gasteiger partial charge in [-0.2, -0.15) is 13.2 Å². The third-order valence-corrected chi connectivity index (χ3v) is 4.38. The molecule has 0 saturated heterocycles. The van der Waals surface area contributed by atoms with Gasteiger partial charge in [-0.15, -0.1) is 5.10 Å². The molecule has 1 atom stereocenters. The first kappa shape index (κ1) is 26.3. The third-order valence-electron chi connectivity index (χ3n) is 4.38. The molecule has 0 saturated carbocycles. The minimum atomic E-state index is -4.54. The van der Waals surface area contributed by atoms with Crippen LogP contribution < -0.4 is 22.1 Å². The van der Waals surface area contributed by atoms with Crippen LogP contribution in [-0.4, -0.2) is 45.0 Å². The van der Waals surface area contributed by atoms with Gasteiger partial charge in [0.2, 0.25) is 5.91 Å². The second kappa shape index (κ2) is 11.8. The first-order valence-corrected chi connectivity index (χ1v) is 9.98. The number of carbonyl (C=O) groups is 2. The van der Waals surface area contributed by atoms with Crippen LogP contribution in [0.25, 0.3) is 0 Å². The summed E-state index contributed by atoms with van der Waals surface area (Å²) < 4.78 is 53.6. The highest BCUT2D eigenvalue weighted by Gasteiger charge is 2.30. The second-order valence-electron chi connectivity index (χ2n) is 7.16. The highest BCUT2D eigenvalue weighted by atomic mass is 19.4. The van der Waals surface area contributed by atoms with Gasteiger partial charge in [0, 0.05) is 18.9 Å². The summed E-state index contributed by atoms with van der Waals surface area (Å²) in [6.07, 6.45) is -1.09. The van der Waals surface area contributed by atoms with Crippen molar-refractivity contribution in [3.05, 3.63) is 65.1 Å². The molecule has 6 N–H and O–H groups in total. The molecule has 0 aliphatic rings. The van der Waals surface area contributed by atoms with Gasteiger partial charge >= 0.3 is 6.18 Å². The highest BCUT2D eigenvalue weighted by Crippen LogP contribution is 2.29. The SMILES string of the molecule is CNC(=O)c1cn(CC(F)CC/C(N)=C/C=C(\N)NC(=O)Cc2cc(C(F)(F)F)ccn2)nn1. The number of halogens is 4. The molecule has 0 aliphatic carbocycles. The molecule has 0 spiro atoms. The fraction of sp³-hybridized carbons (Fsp3) is 0.350. The minimum Gasteiger partial charge on any atom is -0.402 e. The molecule has 34 heavy (non-hydrogen) atoms. The quantitative estimate of drug-likeness (QED) is 0.292. The van der Waals surface area contributed by atoms with E-state index in [1.807, 2.05) is 0 Å². The van der Waals surface area contributed by atoms with E-state index in [0.717, 1.165) is 18.3 Å². The summed E-state index contributed by atoms with van der Waals surface area (Å²) in [5.41, 5.74) is 10.9. The van der Waals surface area contributed by atoms with E-state index in [9.17, 15) is 27.2 Å². The number of nitrogens with one attached hydrogen (secondary N) is 2. The molecule has 0 radical (unpaired) electrons. The number of alkyl halides is 4. The summed E-state index contributed by atoms with van der Waals surface area (Å²) in [4.78, 5) is 27.2. The van der Waals surface area contributed by atoms with E-state index >= 15 is 0 Å². The predicted octanol–water partition coefficient (Wildman–Crippen LogP) is 1.17. The van der Waals surface area contributed by atoms with Crippen LogP contribution in [0.4, 0.5) is 17.6 Å². The standard InChI is InChI=1S/C20H24F4N8O2/c1-27-19(34)16-11-32(31-30-16)10-13(21)2-3-14(25)4-5-17(26)29-18(33)9-15-8-12(6-7-28-15)20(22,23)24/h4-8,11,13H,2-3,9-10,25-26H2,1H3,(H,27,34)(H,29,33)/b14-4-,17-5+. The van der Waals surface area contributed by atoms with E-state index in [0.29, 0.717) is 0 Å². The lowest BCUT2D eigenvalue weighted by Crippen LogP contribution is -2.29. The van der Waals surface area contributed by atoms with E-state index in [1.54, 1.807) is 0 Å². The van der Waals surface area contributed by atoms with Gasteiger partial charge < -0.3 is 22.1 Å². The summed E-state index contributed by atoms with van der Waals surface area (Å²) in [5.74, 6) is -1.20. The second-order valence-corrected chi connectivity index (χ2v) is 7.16. The van der Waals surface area contributed by atoms with Crippen LogP contribution in [0, 0.1) is 0 Å². The van der Waals surface area contributed by atoms with E-state index in [2.05, 4.69) is 25.9 Å². The number of carbonyl (C=O) groups excluding carboxylic acids is 2. The van der Waals surface area contributed by atoms with Crippen LogP contribution in [-0.2, 0) is 23.9 Å². The Morgan fingerprint density at radius 2 is 2.00 bits per heavy atom. The fourth-order valence-corrected chi connectivity index (χ4v) is 2.68. The van der Waals surface area contributed by atoms with Crippen LogP contribution in [0.3, 0.4) is 0 Å². The molecule has 10 nitrogen and oxygen atoms in total. The van der Waals surface area contributed by atoms with Crippen molar-refractivity contribution in [2.75, 3.05) is 7.05 Å². The summed E-state index contributed by atoms with van der Waals surface area (Å²) in [5, 5.41) is 12.0. The third kappa shape index (κ3) is 8.52. The average molecular weight is 484 g/mol. The van der Waals surface area contributed by atoms with Crippen LogP contribution in [0.2, 0.25) is 0 Å². The number of nitrogens with two attached hydrogens (primary N) is 2. The zero-order valence-electron chi connectivity index (χ0n) is 18.1. The van der Waals surface area contributed by atoms with Crippen molar-refractivity contribution >= 4 is 11.8 Å². The topological polar surface area (TPSA) is 154 Å². The van der Waals surface area contributed by atoms with Gasteiger partial charge in [-0.1, -0.05) is 5.21 Å². The molecule has 2 amide bonds. The molecular formula is C20H24F4N8O2. The van der Waals surface area contributed by atoms with Crippen molar-refractivity contribution in [1.82, 2.24) is 30.6 Å². The molecule has 0 aliphatic heterocycles. The molecule has 2 heterocycles. The minimum absolute atomic E-state index is 0.0544. The van der Waals surface area contributed by atoms with Crippen LogP contribution >= 0.6 is 0 Å². The van der Waals surface area contributed by atoms with Gasteiger partial charge in [0.25, 0.3) is 5.91 Å². The van der Waals surface area contributed by atoms with E-state index in [-0.39, 0.29) is 42.3 Å². The lowest BCUT2D eigenvalue weighted by Gasteiger charge is -2.09. The zero-order valence-corrected chi connectivity index (χ0v) is 18.1. The smallest absolute Gasteiger partial charge is 0.402 e. The predicted molar refractivity (Wildman–Crippen MR) is 113 cm³/mol. The van der Waals surface area contributed by atoms with Gasteiger partial charge in [0.15, 0.2) is 5.69 Å². The Bertz CT molecular complexity index is 1060. The summed E-state index contributed by atoms with van der Waals surface area (Å²) >= 11 is 0. The lowest BCUT2D eigenvalue weighted by atomic mass is 10.1. The molecule has 1 unspecified atom stereocenters. The van der Waals surface area contributed by atoms with Crippen molar-refractivity contribution in [3.63, 3.8) is 0 Å². The largest absolute Gasteiger partial charge is 0.416 e. The molecule has 2 rings (SSSR count). The number of nitrogens with zero attached hydrogens (tertiary/aromatic N) is 4. The summed E-state index contributed by atoms with van der Waals surface area (Å²) in [7, 11) is 1.44. The first-order valence-electron chi connectivity index (χ1n) is 9.98. The number of rotatable bonds is 10. The van der Waals surface area contributed by atoms with Crippen LogP contribution in [0.15, 0.2) is 48.2 Å². The Hall–Kier alpha value is -3.97. The van der Waals surface area contributed by atoms with E-state index in [1.165, 1.54) is 30.1 Å². The van der Waals surface area contributed by atoms with Gasteiger partial charge in [0.1, 0.15) is 12.0 Å². The van der Waals surface area contributed by atoms with Crippen molar-refractivity contribution in [3.8, 4) is 0 Å². The maximum Gasteiger partial charge on any atom is 0.416 e. The molecule has 0 bridgehead atoms.